The van der Waals surface area contributed by atoms with Crippen LogP contribution in [0.2, 0.25) is 0 Å². The number of alkyl carbamates (subject to hydrolysis) is 1. The van der Waals surface area contributed by atoms with Gasteiger partial charge in [0.1, 0.15) is 36.4 Å². The molecule has 3 aromatic rings. The van der Waals surface area contributed by atoms with Crippen LogP contribution in [-0.4, -0.2) is 95.4 Å². The number of carbonyl (C=O) groups is 5. The topological polar surface area (TPSA) is 207 Å². The second kappa shape index (κ2) is 17.0. The quantitative estimate of drug-likeness (QED) is 0.176. The summed E-state index contributed by atoms with van der Waals surface area (Å²) in [6.45, 7) is 4.58. The molecule has 4 amide bonds. The maximum atomic E-state index is 13.1. The largest absolute Gasteiger partial charge is 0.497 e. The van der Waals surface area contributed by atoms with Crippen molar-refractivity contribution in [2.75, 3.05) is 33.9 Å². The summed E-state index contributed by atoms with van der Waals surface area (Å²) in [7, 11) is 3.17. The Hall–Kier alpha value is -6.36. The van der Waals surface area contributed by atoms with Gasteiger partial charge in [-0.1, -0.05) is 24.3 Å². The summed E-state index contributed by atoms with van der Waals surface area (Å²) < 4.78 is 27.8. The Morgan fingerprint density at radius 1 is 0.889 bits per heavy atom. The molecule has 1 saturated heterocycles. The zero-order valence-corrected chi connectivity index (χ0v) is 30.5. The number of amides is 4. The maximum Gasteiger partial charge on any atom is 0.408 e. The Labute approximate surface area is 311 Å². The first-order chi connectivity index (χ1) is 25.7. The lowest BCUT2D eigenvalue weighted by Gasteiger charge is -2.21. The van der Waals surface area contributed by atoms with Crippen molar-refractivity contribution in [3.05, 3.63) is 88.9 Å². The highest BCUT2D eigenvalue weighted by Gasteiger charge is 2.49. The van der Waals surface area contributed by atoms with E-state index in [1.807, 2.05) is 48.5 Å². The van der Waals surface area contributed by atoms with Gasteiger partial charge >= 0.3 is 12.1 Å². The van der Waals surface area contributed by atoms with Crippen molar-refractivity contribution in [2.24, 2.45) is 0 Å². The van der Waals surface area contributed by atoms with Gasteiger partial charge in [0.05, 0.1) is 51.3 Å². The number of aromatic nitrogens is 1. The number of methoxy groups -OCH3 is 2. The summed E-state index contributed by atoms with van der Waals surface area (Å²) in [6.07, 6.45) is 0.654. The van der Waals surface area contributed by atoms with Gasteiger partial charge < -0.3 is 44.7 Å². The highest BCUT2D eigenvalue weighted by Crippen LogP contribution is 2.31. The molecule has 0 spiro atoms. The molecule has 5 rings (SSSR count). The zero-order chi connectivity index (χ0) is 39.0. The van der Waals surface area contributed by atoms with Gasteiger partial charge in [-0.05, 0) is 56.2 Å². The maximum absolute atomic E-state index is 13.1. The molecule has 0 aliphatic carbocycles. The third-order valence-electron chi connectivity index (χ3n) is 8.06. The van der Waals surface area contributed by atoms with Gasteiger partial charge in [0.15, 0.2) is 17.2 Å². The number of carboxylic acid groups (broad SMARTS) is 1. The smallest absolute Gasteiger partial charge is 0.408 e. The summed E-state index contributed by atoms with van der Waals surface area (Å²) >= 11 is 0. The van der Waals surface area contributed by atoms with Crippen LogP contribution in [0.4, 0.5) is 4.79 Å². The van der Waals surface area contributed by atoms with E-state index in [0.717, 1.165) is 21.9 Å². The third-order valence-corrected chi connectivity index (χ3v) is 8.06. The molecule has 0 saturated carbocycles. The van der Waals surface area contributed by atoms with Gasteiger partial charge in [0.25, 0.3) is 11.8 Å². The predicted octanol–water partition coefficient (Wildman–Crippen LogP) is 2.29. The van der Waals surface area contributed by atoms with Crippen molar-refractivity contribution in [1.29, 1.82) is 0 Å². The number of fused-ring (bicyclic) bond motifs is 1. The Bertz CT molecular complexity index is 1910. The van der Waals surface area contributed by atoms with Gasteiger partial charge in [0, 0.05) is 12.6 Å². The number of pyridine rings is 1. The number of benzene rings is 2. The monoisotopic (exact) mass is 746 g/mol. The Balaban J connectivity index is 1.19. The lowest BCUT2D eigenvalue weighted by molar-refractivity contribution is -0.143. The average Bonchev–Trinajstić information content (AvgIpc) is 3.66. The van der Waals surface area contributed by atoms with Crippen LogP contribution in [0.3, 0.4) is 0 Å². The van der Waals surface area contributed by atoms with Crippen molar-refractivity contribution < 1.29 is 52.8 Å². The fourth-order valence-electron chi connectivity index (χ4n) is 5.45. The lowest BCUT2D eigenvalue weighted by atomic mass is 10.1. The number of carbonyl (C=O) groups excluding carboxylic acids is 4. The van der Waals surface area contributed by atoms with E-state index in [0.29, 0.717) is 22.9 Å². The molecule has 17 heteroatoms. The third kappa shape index (κ3) is 9.94. The normalized spacial score (nSPS) is 15.3. The molecule has 1 atom stereocenters. The first-order valence-electron chi connectivity index (χ1n) is 16.8. The number of hydrogen-bond donors (Lipinski definition) is 4. The molecular weight excluding hydrogens is 704 g/mol. The summed E-state index contributed by atoms with van der Waals surface area (Å²) in [5, 5.41) is 19.6. The Morgan fingerprint density at radius 3 is 2.04 bits per heavy atom. The second-order valence-corrected chi connectivity index (χ2v) is 13.2. The van der Waals surface area contributed by atoms with Crippen molar-refractivity contribution in [1.82, 2.24) is 31.0 Å². The summed E-state index contributed by atoms with van der Waals surface area (Å²) in [4.78, 5) is 67.7. The van der Waals surface area contributed by atoms with Gasteiger partial charge in [-0.3, -0.25) is 19.4 Å². The molecule has 286 valence electrons. The molecule has 2 aliphatic rings. The van der Waals surface area contributed by atoms with E-state index in [9.17, 15) is 29.1 Å². The number of hydrazine groups is 1. The van der Waals surface area contributed by atoms with Crippen LogP contribution in [0.1, 0.15) is 37.6 Å². The number of rotatable bonds is 15. The van der Waals surface area contributed by atoms with Crippen molar-refractivity contribution in [3.63, 3.8) is 0 Å². The molecule has 0 bridgehead atoms. The summed E-state index contributed by atoms with van der Waals surface area (Å²) in [5.74, 6) is -1.50. The molecule has 4 N–H and O–H groups in total. The summed E-state index contributed by atoms with van der Waals surface area (Å²) in [5.41, 5.74) is 0.613. The van der Waals surface area contributed by atoms with E-state index in [2.05, 4.69) is 20.9 Å². The molecule has 1 fully saturated rings. The second-order valence-electron chi connectivity index (χ2n) is 13.2. The van der Waals surface area contributed by atoms with E-state index in [1.54, 1.807) is 41.1 Å². The van der Waals surface area contributed by atoms with Crippen molar-refractivity contribution in [3.8, 4) is 23.0 Å². The molecule has 1 unspecified atom stereocenters. The van der Waals surface area contributed by atoms with Crippen LogP contribution in [0.5, 0.6) is 23.0 Å². The molecule has 3 heterocycles. The van der Waals surface area contributed by atoms with Crippen molar-refractivity contribution in [2.45, 2.75) is 52.2 Å². The van der Waals surface area contributed by atoms with E-state index in [1.165, 1.54) is 11.2 Å². The van der Waals surface area contributed by atoms with E-state index in [4.69, 9.17) is 23.7 Å². The van der Waals surface area contributed by atoms with Crippen LogP contribution in [0, 0.1) is 0 Å². The van der Waals surface area contributed by atoms with Crippen LogP contribution >= 0.6 is 0 Å². The standard InChI is InChI=1S/C37H42N6O11/c1-37(2,3)54-36(49)41-28-19-42-18-27(32(35(47)48)43(42)34(28)46)33(45)40-17-31(44)39-15-24-14-29(52-20-22-6-10-25(50-4)11-7-22)30(16-38-24)53-21-23-8-12-26(51-5)13-9-23/h6-14,16,28H,15,17-21H2,1-5H3,(H,39,44)(H,40,45)(H,41,49)(H,47,48). The molecule has 1 aromatic heterocycles. The molecule has 0 radical (unpaired) electrons. The predicted molar refractivity (Wildman–Crippen MR) is 190 cm³/mol. The van der Waals surface area contributed by atoms with Gasteiger partial charge in [0.2, 0.25) is 5.91 Å². The van der Waals surface area contributed by atoms with Crippen LogP contribution in [0.15, 0.2) is 72.1 Å². The number of hydrogen-bond acceptors (Lipinski definition) is 12. The number of ether oxygens (including phenoxy) is 5. The molecule has 2 aliphatic heterocycles. The highest BCUT2D eigenvalue weighted by atomic mass is 16.6. The summed E-state index contributed by atoms with van der Waals surface area (Å²) in [6, 6.07) is 15.3. The van der Waals surface area contributed by atoms with Crippen LogP contribution in [0.25, 0.3) is 0 Å². The molecule has 17 nitrogen and oxygen atoms in total. The van der Waals surface area contributed by atoms with Crippen molar-refractivity contribution >= 4 is 29.8 Å². The van der Waals surface area contributed by atoms with Crippen LogP contribution < -0.4 is 34.9 Å². The molecule has 2 aromatic carbocycles. The zero-order valence-electron chi connectivity index (χ0n) is 30.5. The SMILES string of the molecule is COc1ccc(COc2cnc(CNC(=O)CNC(=O)C3=C(C(=O)O)N4C(=O)C(NC(=O)OC(C)(C)C)CN4C3)cc2OCc2ccc(OC)cc2)cc1. The van der Waals surface area contributed by atoms with Gasteiger partial charge in [-0.25, -0.2) is 19.6 Å². The number of aliphatic carboxylic acids is 1. The fourth-order valence-corrected chi connectivity index (χ4v) is 5.45. The minimum Gasteiger partial charge on any atom is -0.497 e. The van der Waals surface area contributed by atoms with Gasteiger partial charge in [-0.15, -0.1) is 0 Å². The van der Waals surface area contributed by atoms with E-state index in [-0.39, 0.29) is 38.4 Å². The first-order valence-corrected chi connectivity index (χ1v) is 16.8. The lowest BCUT2D eigenvalue weighted by Crippen LogP contribution is -2.45. The van der Waals surface area contributed by atoms with E-state index >= 15 is 0 Å². The number of carboxylic acids is 1. The minimum absolute atomic E-state index is 0.0302. The fraction of sp³-hybridized carbons (Fsp3) is 0.351. The number of nitrogens with one attached hydrogen (secondary N) is 3. The van der Waals surface area contributed by atoms with Gasteiger partial charge in [-0.2, -0.15) is 0 Å². The molecular formula is C37H42N6O11. The number of nitrogens with zero attached hydrogens (tertiary/aromatic N) is 3. The Kier molecular flexibility index (Phi) is 12.2. The first kappa shape index (κ1) is 38.9. The molecule has 54 heavy (non-hydrogen) atoms. The average molecular weight is 747 g/mol. The van der Waals surface area contributed by atoms with E-state index < -0.39 is 53.7 Å². The minimum atomic E-state index is -1.52. The van der Waals surface area contributed by atoms with Crippen LogP contribution in [-0.2, 0) is 43.7 Å². The highest BCUT2D eigenvalue weighted by molar-refractivity contribution is 6.07. The Morgan fingerprint density at radius 2 is 1.48 bits per heavy atom.